The van der Waals surface area contributed by atoms with Crippen molar-refractivity contribution in [2.24, 2.45) is 5.92 Å². The van der Waals surface area contributed by atoms with Gasteiger partial charge in [-0.25, -0.2) is 4.98 Å². The number of hydrogen-bond acceptors (Lipinski definition) is 6. The Morgan fingerprint density at radius 1 is 1.27 bits per heavy atom. The molecule has 1 saturated heterocycles. The predicted molar refractivity (Wildman–Crippen MR) is 162 cm³/mol. The molecule has 1 saturated carbocycles. The zero-order chi connectivity index (χ0) is 28.9. The smallest absolute Gasteiger partial charge is 0.279 e. The van der Waals surface area contributed by atoms with Crippen LogP contribution in [-0.4, -0.2) is 48.4 Å². The summed E-state index contributed by atoms with van der Waals surface area (Å²) in [5.41, 5.74) is 3.29. The summed E-state index contributed by atoms with van der Waals surface area (Å²) in [6, 6.07) is 5.40. The number of nitrogens with one attached hydrogen (secondary N) is 1. The third-order valence-electron chi connectivity index (χ3n) is 6.17. The fourth-order valence-electron chi connectivity index (χ4n) is 3.86. The van der Waals surface area contributed by atoms with Gasteiger partial charge in [0.25, 0.3) is 11.1 Å². The first-order chi connectivity index (χ1) is 19.5. The minimum absolute atomic E-state index is 0.188. The summed E-state index contributed by atoms with van der Waals surface area (Å²) in [6.07, 6.45) is 23.9. The van der Waals surface area contributed by atoms with Gasteiger partial charge in [0, 0.05) is 37.5 Å². The zero-order valence-corrected chi connectivity index (χ0v) is 24.3. The van der Waals surface area contributed by atoms with Crippen LogP contribution in [0.15, 0.2) is 65.4 Å². The van der Waals surface area contributed by atoms with Crippen LogP contribution in [0.2, 0.25) is 5.02 Å². The highest BCUT2D eigenvalue weighted by molar-refractivity contribution is 7.14. The monoisotopic (exact) mass is 579 g/mol. The topological polar surface area (TPSA) is 80.8 Å². The van der Waals surface area contributed by atoms with Gasteiger partial charge in [-0.3, -0.25) is 9.59 Å². The molecule has 2 fully saturated rings. The third kappa shape index (κ3) is 9.15. The number of hydrogen-bond donors (Lipinski definition) is 1. The lowest BCUT2D eigenvalue weighted by atomic mass is 10.1. The number of carbonyl (C=O) groups is 2. The van der Waals surface area contributed by atoms with E-state index in [1.54, 1.807) is 18.3 Å². The molecule has 2 aromatic rings. The number of nitrogens with zero attached hydrogens (tertiary/aromatic N) is 2. The van der Waals surface area contributed by atoms with Crippen molar-refractivity contribution < 1.29 is 19.1 Å². The van der Waals surface area contributed by atoms with Crippen LogP contribution in [0.5, 0.6) is 16.7 Å². The molecule has 0 atom stereocenters. The molecule has 0 radical (unpaired) electrons. The molecule has 1 aliphatic heterocycles. The summed E-state index contributed by atoms with van der Waals surface area (Å²) < 4.78 is 11.4. The van der Waals surface area contributed by atoms with E-state index in [0.717, 1.165) is 42.3 Å². The normalized spacial score (nSPS) is 15.8. The molecule has 0 unspecified atom stereocenters. The number of allylic oxidation sites excluding steroid dienone is 4. The maximum atomic E-state index is 11.9. The van der Waals surface area contributed by atoms with Crippen molar-refractivity contribution >= 4 is 41.3 Å². The van der Waals surface area contributed by atoms with Gasteiger partial charge in [0.1, 0.15) is 11.5 Å². The van der Waals surface area contributed by atoms with Gasteiger partial charge in [-0.05, 0) is 68.9 Å². The maximum Gasteiger partial charge on any atom is 0.279 e. The summed E-state index contributed by atoms with van der Waals surface area (Å²) in [5.74, 6) is 2.18. The molecule has 40 heavy (non-hydrogen) atoms. The standard InChI is InChI=1S/C17H17ClN2O3S.C12H15NO.C2H2/c18-15-8-13(22-10-12-3-4-12)5-6-16(15)23-17-20-9-14(24-17)2-1-7-19-11-21;1-3-13-8-10-6-4-5-9(2)7-11(10)12(13)14;1-2/h1-2,5-6,8-9,11-12H,3-4,7,10H2,(H,19,21);5-7H,3-4,8H2,1-2H3;1-2H/b2-1+;;. The van der Waals surface area contributed by atoms with E-state index in [2.05, 4.69) is 35.3 Å². The number of benzene rings is 1. The number of fused-ring (bicyclic) bond motifs is 1. The number of ether oxygens (including phenoxy) is 2. The number of likely N-dealkylation sites (N-methyl/N-ethyl adjacent to an activating group) is 1. The molecule has 3 aliphatic rings. The Labute approximate surface area is 245 Å². The minimum atomic E-state index is 0.188. The van der Waals surface area contributed by atoms with E-state index in [4.69, 9.17) is 21.1 Å². The highest BCUT2D eigenvalue weighted by Gasteiger charge is 2.29. The summed E-state index contributed by atoms with van der Waals surface area (Å²) in [7, 11) is 0. The molecule has 210 valence electrons. The Morgan fingerprint density at radius 2 is 2.08 bits per heavy atom. The van der Waals surface area contributed by atoms with Crippen molar-refractivity contribution in [1.29, 1.82) is 0 Å². The average Bonchev–Trinajstić information content (AvgIpc) is 3.66. The Balaban J connectivity index is 0.000000234. The van der Waals surface area contributed by atoms with E-state index in [1.807, 2.05) is 43.0 Å². The molecule has 1 N–H and O–H groups in total. The van der Waals surface area contributed by atoms with Crippen LogP contribution in [0, 0.1) is 18.8 Å². The first kappa shape index (κ1) is 30.7. The second-order valence-electron chi connectivity index (χ2n) is 9.20. The number of thiazole rings is 1. The SMILES string of the molecule is C#C.CCN1CC2=CCC=C(C)C=C2C1=O.O=CNC/C=C/c1cnc(Oc2ccc(OCC3CC3)cc2Cl)s1. The number of halogens is 1. The predicted octanol–water partition coefficient (Wildman–Crippen LogP) is 6.44. The lowest BCUT2D eigenvalue weighted by Crippen LogP contribution is -2.24. The Bertz CT molecular complexity index is 1320. The van der Waals surface area contributed by atoms with Crippen molar-refractivity contribution in [3.63, 3.8) is 0 Å². The highest BCUT2D eigenvalue weighted by Crippen LogP contribution is 2.35. The number of terminal acetylenes is 1. The van der Waals surface area contributed by atoms with E-state index in [-0.39, 0.29) is 5.91 Å². The molecule has 1 aromatic heterocycles. The molecule has 1 aromatic carbocycles. The fourth-order valence-corrected chi connectivity index (χ4v) is 4.78. The van der Waals surface area contributed by atoms with Crippen molar-refractivity contribution in [3.05, 3.63) is 75.3 Å². The van der Waals surface area contributed by atoms with Crippen LogP contribution in [0.1, 0.15) is 38.0 Å². The van der Waals surface area contributed by atoms with Gasteiger partial charge in [-0.15, -0.1) is 12.8 Å². The van der Waals surface area contributed by atoms with E-state index in [9.17, 15) is 9.59 Å². The van der Waals surface area contributed by atoms with E-state index in [1.165, 1.54) is 35.3 Å². The van der Waals surface area contributed by atoms with Gasteiger partial charge >= 0.3 is 0 Å². The van der Waals surface area contributed by atoms with Crippen LogP contribution in [0.25, 0.3) is 6.08 Å². The fraction of sp³-hybridized carbons (Fsp3) is 0.323. The highest BCUT2D eigenvalue weighted by atomic mass is 35.5. The van der Waals surface area contributed by atoms with Gasteiger partial charge < -0.3 is 19.7 Å². The number of aromatic nitrogens is 1. The summed E-state index contributed by atoms with van der Waals surface area (Å²) in [4.78, 5) is 29.0. The number of carbonyl (C=O) groups excluding carboxylic acids is 2. The van der Waals surface area contributed by atoms with Crippen molar-refractivity contribution in [2.75, 3.05) is 26.2 Å². The van der Waals surface area contributed by atoms with Crippen LogP contribution in [-0.2, 0) is 9.59 Å². The Kier molecular flexibility index (Phi) is 12.1. The molecule has 2 amide bonds. The molecule has 9 heteroatoms. The van der Waals surface area contributed by atoms with Crippen molar-refractivity contribution in [1.82, 2.24) is 15.2 Å². The van der Waals surface area contributed by atoms with Crippen molar-refractivity contribution in [2.45, 2.75) is 33.1 Å². The molecule has 0 bridgehead atoms. The summed E-state index contributed by atoms with van der Waals surface area (Å²) in [5, 5.41) is 3.55. The molecular weight excluding hydrogens is 546 g/mol. The number of rotatable bonds is 10. The number of amides is 2. The third-order valence-corrected chi connectivity index (χ3v) is 7.31. The molecule has 0 spiro atoms. The Morgan fingerprint density at radius 3 is 2.77 bits per heavy atom. The second-order valence-corrected chi connectivity index (χ2v) is 10.6. The van der Waals surface area contributed by atoms with Crippen LogP contribution in [0.3, 0.4) is 0 Å². The maximum absolute atomic E-state index is 11.9. The van der Waals surface area contributed by atoms with Gasteiger partial charge in [0.2, 0.25) is 6.41 Å². The molecular formula is C31H34ClN3O4S. The van der Waals surface area contributed by atoms with Gasteiger partial charge in [-0.1, -0.05) is 46.7 Å². The largest absolute Gasteiger partial charge is 0.493 e. The zero-order valence-electron chi connectivity index (χ0n) is 22.8. The summed E-state index contributed by atoms with van der Waals surface area (Å²) in [6.45, 7) is 6.89. The molecule has 5 rings (SSSR count). The van der Waals surface area contributed by atoms with E-state index in [0.29, 0.717) is 34.8 Å². The molecule has 7 nitrogen and oxygen atoms in total. The van der Waals surface area contributed by atoms with E-state index >= 15 is 0 Å². The number of likely N-dealkylation sites (tertiary alicyclic amines) is 1. The van der Waals surface area contributed by atoms with Crippen LogP contribution < -0.4 is 14.8 Å². The van der Waals surface area contributed by atoms with Crippen LogP contribution >= 0.6 is 22.9 Å². The average molecular weight is 580 g/mol. The second kappa shape index (κ2) is 15.7. The first-order valence-electron chi connectivity index (χ1n) is 13.1. The van der Waals surface area contributed by atoms with E-state index < -0.39 is 0 Å². The molecule has 2 heterocycles. The lowest BCUT2D eigenvalue weighted by Gasteiger charge is -2.10. The van der Waals surface area contributed by atoms with Gasteiger partial charge in [0.05, 0.1) is 16.5 Å². The lowest BCUT2D eigenvalue weighted by molar-refractivity contribution is -0.124. The van der Waals surface area contributed by atoms with Gasteiger partial charge in [0.15, 0.2) is 0 Å². The minimum Gasteiger partial charge on any atom is -0.493 e. The quantitative estimate of drug-likeness (QED) is 0.199. The summed E-state index contributed by atoms with van der Waals surface area (Å²) >= 11 is 7.65. The first-order valence-corrected chi connectivity index (χ1v) is 14.3. The van der Waals surface area contributed by atoms with Gasteiger partial charge in [-0.2, -0.15) is 0 Å². The van der Waals surface area contributed by atoms with Crippen molar-refractivity contribution in [3.8, 4) is 29.5 Å². The van der Waals surface area contributed by atoms with Crippen LogP contribution in [0.4, 0.5) is 0 Å². The Hall–Kier alpha value is -3.80. The molecule has 2 aliphatic carbocycles.